The van der Waals surface area contributed by atoms with Crippen LogP contribution in [-0.2, 0) is 0 Å². The van der Waals surface area contributed by atoms with Crippen molar-refractivity contribution < 1.29 is 9.47 Å². The lowest BCUT2D eigenvalue weighted by atomic mass is 9.72. The van der Waals surface area contributed by atoms with E-state index in [0.717, 1.165) is 34.2 Å². The maximum Gasteiger partial charge on any atom is 0.140 e. The van der Waals surface area contributed by atoms with Crippen molar-refractivity contribution in [2.45, 2.75) is 38.3 Å². The minimum absolute atomic E-state index is 0.0365. The zero-order chi connectivity index (χ0) is 20.5. The molecule has 3 saturated heterocycles. The van der Waals surface area contributed by atoms with E-state index in [1.54, 1.807) is 7.11 Å². The van der Waals surface area contributed by atoms with Crippen molar-refractivity contribution in [3.8, 4) is 11.5 Å². The molecule has 0 spiro atoms. The Labute approximate surface area is 178 Å². The average molecular weight is 403 g/mol. The molecule has 5 atom stereocenters. The largest absolute Gasteiger partial charge is 0.497 e. The van der Waals surface area contributed by atoms with E-state index in [9.17, 15) is 0 Å². The molecule has 4 heteroatoms. The molecule has 0 saturated carbocycles. The minimum atomic E-state index is -0.0365. The number of piperidine rings is 3. The van der Waals surface area contributed by atoms with Crippen LogP contribution in [0, 0.1) is 11.8 Å². The molecule has 3 aliphatic rings. The lowest BCUT2D eigenvalue weighted by molar-refractivity contribution is -0.0483. The van der Waals surface area contributed by atoms with Crippen molar-refractivity contribution in [1.82, 2.24) is 9.88 Å². The lowest BCUT2D eigenvalue weighted by Gasteiger charge is -2.52. The second-order valence-corrected chi connectivity index (χ2v) is 8.65. The molecule has 156 valence electrons. The number of hydrogen-bond donors (Lipinski definition) is 0. The van der Waals surface area contributed by atoms with Crippen LogP contribution in [0.25, 0.3) is 10.9 Å². The number of rotatable bonds is 6. The third kappa shape index (κ3) is 3.54. The number of hydrogen-bond acceptors (Lipinski definition) is 4. The fraction of sp³-hybridized carbons (Fsp3) is 0.423. The summed E-state index contributed by atoms with van der Waals surface area (Å²) in [5.74, 6) is 3.40. The van der Waals surface area contributed by atoms with Crippen LogP contribution < -0.4 is 9.47 Å². The van der Waals surface area contributed by atoms with Crippen LogP contribution in [0.1, 0.15) is 37.9 Å². The predicted molar refractivity (Wildman–Crippen MR) is 120 cm³/mol. The zero-order valence-electron chi connectivity index (χ0n) is 17.8. The summed E-state index contributed by atoms with van der Waals surface area (Å²) in [6, 6.07) is 18.9. The molecule has 3 fully saturated rings. The molecule has 0 aliphatic carbocycles. The molecule has 2 aromatic carbocycles. The molecule has 3 aromatic rings. The monoisotopic (exact) mass is 402 g/mol. The molecule has 3 aliphatic heterocycles. The quantitative estimate of drug-likeness (QED) is 0.546. The first-order valence-electron chi connectivity index (χ1n) is 11.1. The Bertz CT molecular complexity index is 1010. The highest BCUT2D eigenvalue weighted by atomic mass is 16.5. The Morgan fingerprint density at radius 3 is 2.70 bits per heavy atom. The Morgan fingerprint density at radius 1 is 1.10 bits per heavy atom. The van der Waals surface area contributed by atoms with E-state index in [1.807, 2.05) is 36.5 Å². The topological polar surface area (TPSA) is 34.6 Å². The van der Waals surface area contributed by atoms with E-state index in [-0.39, 0.29) is 6.10 Å². The number of benzene rings is 2. The van der Waals surface area contributed by atoms with Gasteiger partial charge in [0.05, 0.1) is 18.7 Å². The maximum absolute atomic E-state index is 6.73. The normalized spacial score (nSPS) is 26.5. The highest BCUT2D eigenvalue weighted by Crippen LogP contribution is 2.44. The summed E-state index contributed by atoms with van der Waals surface area (Å²) in [6.07, 6.45) is 5.66. The van der Waals surface area contributed by atoms with Crippen LogP contribution in [-0.4, -0.2) is 36.1 Å². The van der Waals surface area contributed by atoms with E-state index in [2.05, 4.69) is 41.1 Å². The summed E-state index contributed by atoms with van der Waals surface area (Å²) in [4.78, 5) is 7.28. The smallest absolute Gasteiger partial charge is 0.140 e. The Kier molecular flexibility index (Phi) is 5.34. The molecule has 4 nitrogen and oxygen atoms in total. The molecule has 0 radical (unpaired) electrons. The first-order valence-corrected chi connectivity index (χ1v) is 11.1. The van der Waals surface area contributed by atoms with Crippen LogP contribution in [0.5, 0.6) is 11.5 Å². The summed E-state index contributed by atoms with van der Waals surface area (Å²) in [5, 5.41) is 1.12. The van der Waals surface area contributed by atoms with Gasteiger partial charge in [-0.05, 0) is 67.6 Å². The summed E-state index contributed by atoms with van der Waals surface area (Å²) < 4.78 is 12.3. The third-order valence-corrected chi connectivity index (χ3v) is 7.11. The first kappa shape index (κ1) is 19.4. The van der Waals surface area contributed by atoms with Gasteiger partial charge < -0.3 is 9.47 Å². The number of nitrogens with zero attached hydrogens (tertiary/aromatic N) is 2. The summed E-state index contributed by atoms with van der Waals surface area (Å²) in [6.45, 7) is 4.70. The minimum Gasteiger partial charge on any atom is -0.497 e. The van der Waals surface area contributed by atoms with Crippen LogP contribution in [0.4, 0.5) is 0 Å². The van der Waals surface area contributed by atoms with Gasteiger partial charge in [-0.25, -0.2) is 0 Å². The summed E-state index contributed by atoms with van der Waals surface area (Å²) in [7, 11) is 1.71. The van der Waals surface area contributed by atoms with Gasteiger partial charge in [-0.15, -0.1) is 0 Å². The number of fused-ring (bicyclic) bond motifs is 4. The first-order chi connectivity index (χ1) is 14.8. The number of para-hydroxylation sites is 1. The summed E-state index contributed by atoms with van der Waals surface area (Å²) >= 11 is 0. The van der Waals surface area contributed by atoms with Gasteiger partial charge in [0.25, 0.3) is 0 Å². The fourth-order valence-electron chi connectivity index (χ4n) is 5.47. The van der Waals surface area contributed by atoms with Crippen molar-refractivity contribution in [2.24, 2.45) is 11.8 Å². The van der Waals surface area contributed by atoms with Crippen LogP contribution >= 0.6 is 0 Å². The molecular weight excluding hydrogens is 372 g/mol. The SMILES string of the molecule is CC[C@H]1CN2CC[C@H]1C[C@@H]2[C@@H](Oc1ccccc1)c1ccnc2ccc(OC)cc12. The molecule has 1 aromatic heterocycles. The van der Waals surface area contributed by atoms with Gasteiger partial charge in [0, 0.05) is 23.7 Å². The van der Waals surface area contributed by atoms with Gasteiger partial charge in [0.2, 0.25) is 0 Å². The number of ether oxygens (including phenoxy) is 2. The molecule has 0 amide bonds. The zero-order valence-corrected chi connectivity index (χ0v) is 17.8. The van der Waals surface area contributed by atoms with Crippen molar-refractivity contribution in [3.63, 3.8) is 0 Å². The van der Waals surface area contributed by atoms with Crippen LogP contribution in [0.2, 0.25) is 0 Å². The second kappa shape index (κ2) is 8.27. The average Bonchev–Trinajstić information content (AvgIpc) is 2.82. The number of methoxy groups -OCH3 is 1. The van der Waals surface area contributed by atoms with Crippen molar-refractivity contribution >= 4 is 10.9 Å². The Balaban J connectivity index is 1.58. The van der Waals surface area contributed by atoms with Gasteiger partial charge in [-0.1, -0.05) is 31.5 Å². The Morgan fingerprint density at radius 2 is 1.97 bits per heavy atom. The van der Waals surface area contributed by atoms with Gasteiger partial charge in [-0.2, -0.15) is 0 Å². The lowest BCUT2D eigenvalue weighted by Crippen LogP contribution is -2.56. The molecule has 1 unspecified atom stereocenters. The molecule has 6 rings (SSSR count). The van der Waals surface area contributed by atoms with Gasteiger partial charge in [-0.3, -0.25) is 9.88 Å². The predicted octanol–water partition coefficient (Wildman–Crippen LogP) is 5.48. The van der Waals surface area contributed by atoms with Gasteiger partial charge in [0.1, 0.15) is 17.6 Å². The molecule has 0 N–H and O–H groups in total. The summed E-state index contributed by atoms with van der Waals surface area (Å²) in [5.41, 5.74) is 2.19. The van der Waals surface area contributed by atoms with E-state index >= 15 is 0 Å². The highest BCUT2D eigenvalue weighted by Gasteiger charge is 2.44. The Hall–Kier alpha value is -2.59. The molecular formula is C26H30N2O2. The second-order valence-electron chi connectivity index (χ2n) is 8.65. The number of aromatic nitrogens is 1. The van der Waals surface area contributed by atoms with Crippen molar-refractivity contribution in [2.75, 3.05) is 20.2 Å². The number of pyridine rings is 1. The molecule has 30 heavy (non-hydrogen) atoms. The van der Waals surface area contributed by atoms with E-state index in [0.29, 0.717) is 6.04 Å². The van der Waals surface area contributed by atoms with Crippen LogP contribution in [0.3, 0.4) is 0 Å². The van der Waals surface area contributed by atoms with E-state index < -0.39 is 0 Å². The van der Waals surface area contributed by atoms with E-state index in [4.69, 9.17) is 9.47 Å². The van der Waals surface area contributed by atoms with E-state index in [1.165, 1.54) is 37.9 Å². The maximum atomic E-state index is 6.73. The van der Waals surface area contributed by atoms with Crippen molar-refractivity contribution in [1.29, 1.82) is 0 Å². The fourth-order valence-corrected chi connectivity index (χ4v) is 5.47. The van der Waals surface area contributed by atoms with Gasteiger partial charge in [0.15, 0.2) is 0 Å². The van der Waals surface area contributed by atoms with Crippen molar-refractivity contribution in [3.05, 3.63) is 66.4 Å². The van der Waals surface area contributed by atoms with Crippen LogP contribution in [0.15, 0.2) is 60.8 Å². The molecule has 2 bridgehead atoms. The standard InChI is InChI=1S/C26H30N2O2/c1-3-18-17-28-14-12-19(18)15-25(28)26(30-20-7-5-4-6-8-20)22-11-13-27-24-10-9-21(29-2)16-23(22)24/h4-11,13,16,18-19,25-26H,3,12,14-15,17H2,1-2H3/t18-,19-,25+,26-/m0/s1. The molecule has 4 heterocycles. The van der Waals surface area contributed by atoms with Gasteiger partial charge >= 0.3 is 0 Å². The highest BCUT2D eigenvalue weighted by molar-refractivity contribution is 5.84. The third-order valence-electron chi connectivity index (χ3n) is 7.11.